The van der Waals surface area contributed by atoms with Crippen LogP contribution in [0, 0.1) is 0 Å². The van der Waals surface area contributed by atoms with Gasteiger partial charge in [0.2, 0.25) is 0 Å². The Hall–Kier alpha value is -2.87. The Morgan fingerprint density at radius 1 is 1.00 bits per heavy atom. The molecule has 2 rings (SSSR count). The van der Waals surface area contributed by atoms with Gasteiger partial charge in [0.15, 0.2) is 12.6 Å². The number of alkyl halides is 3. The molecule has 0 aliphatic carbocycles. The maximum Gasteiger partial charge on any atom is 0.418 e. The minimum Gasteiger partial charge on any atom is -0.338 e. The molecule has 0 heterocycles. The predicted octanol–water partition coefficient (Wildman–Crippen LogP) is 2.77. The Kier molecular flexibility index (Phi) is 8.00. The van der Waals surface area contributed by atoms with Gasteiger partial charge in [0.05, 0.1) is 18.3 Å². The number of likely N-dealkylation sites (N-methyl/N-ethyl adjacent to an activating group) is 2. The first-order chi connectivity index (χ1) is 14.2. The maximum absolute atomic E-state index is 13.2. The highest BCUT2D eigenvalue weighted by molar-refractivity contribution is 5.92. The van der Waals surface area contributed by atoms with Crippen molar-refractivity contribution in [3.8, 4) is 0 Å². The molecule has 8 heteroatoms. The van der Waals surface area contributed by atoms with Gasteiger partial charge >= 0.3 is 6.18 Å². The number of halogens is 3. The summed E-state index contributed by atoms with van der Waals surface area (Å²) in [5, 5.41) is 2.35. The molecule has 2 aromatic carbocycles. The molecule has 2 N–H and O–H groups in total. The van der Waals surface area contributed by atoms with Gasteiger partial charge in [-0.15, -0.1) is 0 Å². The van der Waals surface area contributed by atoms with E-state index in [-0.39, 0.29) is 18.1 Å². The first-order valence-electron chi connectivity index (χ1n) is 9.81. The van der Waals surface area contributed by atoms with Crippen molar-refractivity contribution in [2.45, 2.75) is 26.1 Å². The largest absolute Gasteiger partial charge is 0.418 e. The first kappa shape index (κ1) is 23.4. The van der Waals surface area contributed by atoms with Gasteiger partial charge in [-0.25, -0.2) is 0 Å². The van der Waals surface area contributed by atoms with E-state index in [9.17, 15) is 22.8 Å². The summed E-state index contributed by atoms with van der Waals surface area (Å²) in [5.41, 5.74) is -0.459. The summed E-state index contributed by atoms with van der Waals surface area (Å²) in [6.07, 6.45) is -4.58. The van der Waals surface area contributed by atoms with Crippen molar-refractivity contribution in [1.29, 1.82) is 0 Å². The van der Waals surface area contributed by atoms with Crippen LogP contribution in [0.4, 0.5) is 18.9 Å². The molecule has 0 aromatic heterocycles. The fourth-order valence-electron chi connectivity index (χ4n) is 3.39. The highest BCUT2D eigenvalue weighted by Gasteiger charge is 2.35. The van der Waals surface area contributed by atoms with Crippen LogP contribution in [0.15, 0.2) is 54.6 Å². The molecule has 0 bridgehead atoms. The van der Waals surface area contributed by atoms with Crippen LogP contribution < -0.4 is 10.2 Å². The van der Waals surface area contributed by atoms with Gasteiger partial charge in [-0.05, 0) is 26.0 Å². The summed E-state index contributed by atoms with van der Waals surface area (Å²) in [7, 11) is 1.69. The van der Waals surface area contributed by atoms with Gasteiger partial charge in [0, 0.05) is 18.7 Å². The number of anilines is 1. The highest BCUT2D eigenvalue weighted by atomic mass is 19.4. The third kappa shape index (κ3) is 5.82. The van der Waals surface area contributed by atoms with E-state index in [0.29, 0.717) is 18.0 Å². The molecule has 2 atom stereocenters. The molecule has 30 heavy (non-hydrogen) atoms. The van der Waals surface area contributed by atoms with Crippen LogP contribution in [0.1, 0.15) is 31.0 Å². The second-order valence-corrected chi connectivity index (χ2v) is 6.97. The minimum absolute atomic E-state index is 0.132. The van der Waals surface area contributed by atoms with E-state index in [1.807, 2.05) is 44.2 Å². The molecular formula is C22H27F3N3O2+. The average Bonchev–Trinajstić information content (AvgIpc) is 2.69. The number of carbonyl (C=O) groups excluding carboxylic acids is 2. The zero-order valence-corrected chi connectivity index (χ0v) is 17.3. The molecule has 5 nitrogen and oxygen atoms in total. The maximum atomic E-state index is 13.2. The van der Waals surface area contributed by atoms with Crippen LogP contribution in [0.5, 0.6) is 0 Å². The van der Waals surface area contributed by atoms with E-state index in [1.54, 1.807) is 11.9 Å². The van der Waals surface area contributed by atoms with Gasteiger partial charge in [0.1, 0.15) is 0 Å². The summed E-state index contributed by atoms with van der Waals surface area (Å²) >= 11 is 0. The molecule has 2 amide bonds. The van der Waals surface area contributed by atoms with Gasteiger partial charge in [-0.1, -0.05) is 42.5 Å². The summed E-state index contributed by atoms with van der Waals surface area (Å²) in [4.78, 5) is 27.9. The Balaban J connectivity index is 2.23. The van der Waals surface area contributed by atoms with E-state index in [2.05, 4.69) is 5.32 Å². The summed E-state index contributed by atoms with van der Waals surface area (Å²) < 4.78 is 39.5. The normalized spacial score (nSPS) is 13.4. The zero-order chi connectivity index (χ0) is 22.3. The van der Waals surface area contributed by atoms with Crippen molar-refractivity contribution in [3.63, 3.8) is 0 Å². The van der Waals surface area contributed by atoms with Crippen molar-refractivity contribution in [2.24, 2.45) is 0 Å². The van der Waals surface area contributed by atoms with Gasteiger partial charge in [-0.3, -0.25) is 9.59 Å². The molecule has 0 fully saturated rings. The van der Waals surface area contributed by atoms with Gasteiger partial charge in [-0.2, -0.15) is 13.2 Å². The van der Waals surface area contributed by atoms with Gasteiger partial charge in [0.25, 0.3) is 11.8 Å². The smallest absolute Gasteiger partial charge is 0.338 e. The second-order valence-electron chi connectivity index (χ2n) is 6.97. The van der Waals surface area contributed by atoms with E-state index >= 15 is 0 Å². The van der Waals surface area contributed by atoms with Crippen LogP contribution in [-0.2, 0) is 15.8 Å². The van der Waals surface area contributed by atoms with Crippen LogP contribution in [0.2, 0.25) is 0 Å². The van der Waals surface area contributed by atoms with E-state index in [4.69, 9.17) is 0 Å². The number of nitrogens with one attached hydrogen (secondary N) is 2. The molecule has 1 unspecified atom stereocenters. The zero-order valence-electron chi connectivity index (χ0n) is 17.3. The van der Waals surface area contributed by atoms with Crippen molar-refractivity contribution in [2.75, 3.05) is 32.0 Å². The number of carbonyl (C=O) groups is 2. The molecular weight excluding hydrogens is 395 g/mol. The quantitative estimate of drug-likeness (QED) is 0.688. The van der Waals surface area contributed by atoms with Crippen molar-refractivity contribution >= 4 is 17.5 Å². The average molecular weight is 422 g/mol. The van der Waals surface area contributed by atoms with Crippen LogP contribution in [0.3, 0.4) is 0 Å². The molecule has 2 aromatic rings. The molecule has 0 spiro atoms. The molecule has 162 valence electrons. The van der Waals surface area contributed by atoms with E-state index in [1.165, 1.54) is 18.2 Å². The van der Waals surface area contributed by atoms with Crippen molar-refractivity contribution in [1.82, 2.24) is 4.90 Å². The molecule has 0 saturated carbocycles. The third-order valence-corrected chi connectivity index (χ3v) is 4.89. The lowest BCUT2D eigenvalue weighted by Gasteiger charge is -2.29. The topological polar surface area (TPSA) is 53.9 Å². The molecule has 0 saturated heterocycles. The lowest BCUT2D eigenvalue weighted by molar-refractivity contribution is -0.894. The SMILES string of the molecule is CCN(CC)C(=O)[C@@H](c1ccccc1)[NH+](C)CC(=O)Nc1ccccc1C(F)(F)F. The van der Waals surface area contributed by atoms with Crippen molar-refractivity contribution < 1.29 is 27.7 Å². The van der Waals surface area contributed by atoms with Crippen LogP contribution >= 0.6 is 0 Å². The summed E-state index contributed by atoms with van der Waals surface area (Å²) in [6, 6.07) is 13.3. The van der Waals surface area contributed by atoms with Crippen LogP contribution in [-0.4, -0.2) is 43.4 Å². The lowest BCUT2D eigenvalue weighted by Crippen LogP contribution is -3.11. The van der Waals surface area contributed by atoms with E-state index < -0.39 is 23.7 Å². The van der Waals surface area contributed by atoms with Crippen LogP contribution in [0.25, 0.3) is 0 Å². The number of hydrogen-bond acceptors (Lipinski definition) is 2. The molecule has 0 radical (unpaired) electrons. The molecule has 0 aliphatic rings. The number of amides is 2. The number of quaternary nitrogens is 1. The number of hydrogen-bond donors (Lipinski definition) is 2. The fraction of sp³-hybridized carbons (Fsp3) is 0.364. The van der Waals surface area contributed by atoms with E-state index in [0.717, 1.165) is 11.6 Å². The predicted molar refractivity (Wildman–Crippen MR) is 109 cm³/mol. The lowest BCUT2D eigenvalue weighted by atomic mass is 10.0. The van der Waals surface area contributed by atoms with Gasteiger partial charge < -0.3 is 15.1 Å². The minimum atomic E-state index is -4.58. The number of nitrogens with zero attached hydrogens (tertiary/aromatic N) is 1. The first-order valence-corrected chi connectivity index (χ1v) is 9.81. The fourth-order valence-corrected chi connectivity index (χ4v) is 3.39. The second kappa shape index (κ2) is 10.2. The number of para-hydroxylation sites is 1. The highest BCUT2D eigenvalue weighted by Crippen LogP contribution is 2.34. The monoisotopic (exact) mass is 422 g/mol. The molecule has 0 aliphatic heterocycles. The number of benzene rings is 2. The summed E-state index contributed by atoms with van der Waals surface area (Å²) in [5.74, 6) is -0.732. The Morgan fingerprint density at radius 3 is 2.13 bits per heavy atom. The third-order valence-electron chi connectivity index (χ3n) is 4.89. The summed E-state index contributed by atoms with van der Waals surface area (Å²) in [6.45, 7) is 4.63. The Bertz CT molecular complexity index is 852. The Labute approximate surface area is 174 Å². The Morgan fingerprint density at radius 2 is 1.57 bits per heavy atom. The number of rotatable bonds is 8. The standard InChI is InChI=1S/C22H26F3N3O2/c1-4-28(5-2)21(30)20(16-11-7-6-8-12-16)27(3)15-19(29)26-18-14-10-9-13-17(18)22(23,24)25/h6-14,20H,4-5,15H2,1-3H3,(H,26,29)/p+1/t20-/m1/s1. The van der Waals surface area contributed by atoms with Crippen molar-refractivity contribution in [3.05, 3.63) is 65.7 Å².